The zero-order valence-electron chi connectivity index (χ0n) is 12.6. The average molecular weight is 356 g/mol. The van der Waals surface area contributed by atoms with E-state index < -0.39 is 0 Å². The number of aryl methyl sites for hydroxylation is 1. The first-order valence-corrected chi connectivity index (χ1v) is 7.58. The molecule has 0 fully saturated rings. The number of carbonyl (C=O) groups excluding carboxylic acids is 2. The molecule has 0 aliphatic rings. The van der Waals surface area contributed by atoms with E-state index in [1.165, 1.54) is 11.8 Å². The molecule has 0 radical (unpaired) electrons. The topological polar surface area (TPSA) is 75.4 Å². The molecule has 1 aromatic heterocycles. The number of nitrogens with one attached hydrogen (secondary N) is 1. The van der Waals surface area contributed by atoms with Crippen molar-refractivity contribution in [1.82, 2.24) is 5.16 Å². The summed E-state index contributed by atoms with van der Waals surface area (Å²) in [6, 6.07) is 6.48. The third kappa shape index (κ3) is 4.71. The van der Waals surface area contributed by atoms with E-state index in [0.717, 1.165) is 0 Å². The number of carbonyl (C=O) groups is 2. The van der Waals surface area contributed by atoms with Crippen LogP contribution in [0.1, 0.15) is 19.1 Å². The SMILES string of the molecule is CC(=O)N(CCC(=O)Nc1cc(C)on1)c1ccc(Cl)c(Cl)c1. The van der Waals surface area contributed by atoms with Crippen LogP contribution in [0.4, 0.5) is 11.5 Å². The summed E-state index contributed by atoms with van der Waals surface area (Å²) >= 11 is 11.8. The highest BCUT2D eigenvalue weighted by molar-refractivity contribution is 6.42. The van der Waals surface area contributed by atoms with Crippen LogP contribution in [0.2, 0.25) is 10.0 Å². The molecule has 0 saturated carbocycles. The van der Waals surface area contributed by atoms with Gasteiger partial charge in [0.05, 0.1) is 10.0 Å². The van der Waals surface area contributed by atoms with Crippen LogP contribution in [0.3, 0.4) is 0 Å². The minimum absolute atomic E-state index is 0.103. The number of anilines is 2. The molecule has 2 rings (SSSR count). The van der Waals surface area contributed by atoms with Crippen molar-refractivity contribution in [3.8, 4) is 0 Å². The predicted molar refractivity (Wildman–Crippen MR) is 89.0 cm³/mol. The van der Waals surface area contributed by atoms with Gasteiger partial charge in [-0.1, -0.05) is 28.4 Å². The number of nitrogens with zero attached hydrogens (tertiary/aromatic N) is 2. The van der Waals surface area contributed by atoms with Crippen LogP contribution in [-0.2, 0) is 9.59 Å². The Balaban J connectivity index is 2.00. The molecular weight excluding hydrogens is 341 g/mol. The molecule has 0 bridgehead atoms. The van der Waals surface area contributed by atoms with Gasteiger partial charge < -0.3 is 14.7 Å². The van der Waals surface area contributed by atoms with Crippen molar-refractivity contribution in [3.05, 3.63) is 40.1 Å². The fraction of sp³-hybridized carbons (Fsp3) is 0.267. The van der Waals surface area contributed by atoms with Crippen LogP contribution < -0.4 is 10.2 Å². The lowest BCUT2D eigenvalue weighted by Crippen LogP contribution is -2.32. The van der Waals surface area contributed by atoms with Gasteiger partial charge in [-0.2, -0.15) is 0 Å². The van der Waals surface area contributed by atoms with Gasteiger partial charge in [-0.15, -0.1) is 0 Å². The van der Waals surface area contributed by atoms with E-state index in [2.05, 4.69) is 10.5 Å². The highest BCUT2D eigenvalue weighted by Gasteiger charge is 2.15. The monoisotopic (exact) mass is 355 g/mol. The van der Waals surface area contributed by atoms with Gasteiger partial charge in [-0.05, 0) is 25.1 Å². The maximum atomic E-state index is 11.9. The van der Waals surface area contributed by atoms with Crippen LogP contribution in [0.25, 0.3) is 0 Å². The second kappa shape index (κ2) is 7.48. The molecule has 6 nitrogen and oxygen atoms in total. The summed E-state index contributed by atoms with van der Waals surface area (Å²) in [5.74, 6) is 0.468. The van der Waals surface area contributed by atoms with Gasteiger partial charge in [-0.3, -0.25) is 9.59 Å². The van der Waals surface area contributed by atoms with Crippen LogP contribution in [0.5, 0.6) is 0 Å². The maximum absolute atomic E-state index is 11.9. The van der Waals surface area contributed by atoms with Gasteiger partial charge in [0, 0.05) is 31.6 Å². The summed E-state index contributed by atoms with van der Waals surface area (Å²) in [6.07, 6.45) is 0.103. The fourth-order valence-electron chi connectivity index (χ4n) is 1.97. The molecule has 0 saturated heterocycles. The van der Waals surface area contributed by atoms with Crippen LogP contribution in [0, 0.1) is 6.92 Å². The third-order valence-corrected chi connectivity index (χ3v) is 3.79. The smallest absolute Gasteiger partial charge is 0.227 e. The Hall–Kier alpha value is -2.05. The quantitative estimate of drug-likeness (QED) is 0.887. The third-order valence-electron chi connectivity index (χ3n) is 3.05. The van der Waals surface area contributed by atoms with Crippen molar-refractivity contribution in [2.75, 3.05) is 16.8 Å². The molecule has 0 aliphatic carbocycles. The second-order valence-electron chi connectivity index (χ2n) is 4.89. The first kappa shape index (κ1) is 17.3. The first-order valence-electron chi connectivity index (χ1n) is 6.83. The zero-order chi connectivity index (χ0) is 17.0. The molecular formula is C15H15Cl2N3O3. The minimum atomic E-state index is -0.274. The summed E-state index contributed by atoms with van der Waals surface area (Å²) in [4.78, 5) is 25.2. The van der Waals surface area contributed by atoms with Crippen molar-refractivity contribution in [1.29, 1.82) is 0 Å². The number of aromatic nitrogens is 1. The minimum Gasteiger partial charge on any atom is -0.360 e. The molecule has 2 amide bonds. The molecule has 8 heteroatoms. The lowest BCUT2D eigenvalue weighted by Gasteiger charge is -2.21. The Bertz CT molecular complexity index is 731. The number of benzene rings is 1. The van der Waals surface area contributed by atoms with Gasteiger partial charge in [-0.25, -0.2) is 0 Å². The van der Waals surface area contributed by atoms with E-state index in [1.807, 2.05) is 0 Å². The predicted octanol–water partition coefficient (Wildman–Crippen LogP) is 3.67. The Labute approximate surface area is 143 Å². The van der Waals surface area contributed by atoms with Crippen molar-refractivity contribution in [3.63, 3.8) is 0 Å². The van der Waals surface area contributed by atoms with E-state index in [1.54, 1.807) is 31.2 Å². The number of halogens is 2. The molecule has 1 heterocycles. The Morgan fingerprint density at radius 3 is 2.57 bits per heavy atom. The molecule has 122 valence electrons. The van der Waals surface area contributed by atoms with Gasteiger partial charge in [0.1, 0.15) is 5.76 Å². The summed E-state index contributed by atoms with van der Waals surface area (Å²) < 4.78 is 4.87. The van der Waals surface area contributed by atoms with E-state index in [-0.39, 0.29) is 24.8 Å². The van der Waals surface area contributed by atoms with Crippen LogP contribution in [0.15, 0.2) is 28.8 Å². The number of amides is 2. The number of rotatable bonds is 5. The lowest BCUT2D eigenvalue weighted by atomic mass is 10.2. The number of hydrogen-bond donors (Lipinski definition) is 1. The van der Waals surface area contributed by atoms with E-state index >= 15 is 0 Å². The fourth-order valence-corrected chi connectivity index (χ4v) is 2.26. The van der Waals surface area contributed by atoms with E-state index in [9.17, 15) is 9.59 Å². The molecule has 2 aromatic rings. The second-order valence-corrected chi connectivity index (χ2v) is 5.70. The molecule has 0 spiro atoms. The molecule has 0 aliphatic heterocycles. The summed E-state index contributed by atoms with van der Waals surface area (Å²) in [5, 5.41) is 7.02. The molecule has 0 atom stereocenters. The van der Waals surface area contributed by atoms with Crippen molar-refractivity contribution >= 4 is 46.5 Å². The standard InChI is InChI=1S/C15H15Cl2N3O3/c1-9-7-14(19-23-9)18-15(22)5-6-20(10(2)21)11-3-4-12(16)13(17)8-11/h3-4,7-8H,5-6H2,1-2H3,(H,18,19,22). The average Bonchev–Trinajstić information content (AvgIpc) is 2.87. The van der Waals surface area contributed by atoms with Gasteiger partial charge in [0.15, 0.2) is 5.82 Å². The Kier molecular flexibility index (Phi) is 5.63. The van der Waals surface area contributed by atoms with Crippen LogP contribution >= 0.6 is 23.2 Å². The van der Waals surface area contributed by atoms with Crippen LogP contribution in [-0.4, -0.2) is 23.5 Å². The highest BCUT2D eigenvalue weighted by atomic mass is 35.5. The summed E-state index contributed by atoms with van der Waals surface area (Å²) in [6.45, 7) is 3.35. The van der Waals surface area contributed by atoms with Gasteiger partial charge >= 0.3 is 0 Å². The van der Waals surface area contributed by atoms with Crippen molar-refractivity contribution < 1.29 is 14.1 Å². The normalized spacial score (nSPS) is 10.4. The van der Waals surface area contributed by atoms with Gasteiger partial charge in [0.25, 0.3) is 0 Å². The van der Waals surface area contributed by atoms with E-state index in [0.29, 0.717) is 27.3 Å². The molecule has 23 heavy (non-hydrogen) atoms. The van der Waals surface area contributed by atoms with Crippen molar-refractivity contribution in [2.24, 2.45) is 0 Å². The largest absolute Gasteiger partial charge is 0.360 e. The molecule has 1 N–H and O–H groups in total. The molecule has 0 unspecified atom stereocenters. The number of hydrogen-bond acceptors (Lipinski definition) is 4. The maximum Gasteiger partial charge on any atom is 0.227 e. The lowest BCUT2D eigenvalue weighted by molar-refractivity contribution is -0.117. The zero-order valence-corrected chi connectivity index (χ0v) is 14.1. The van der Waals surface area contributed by atoms with Crippen molar-refractivity contribution in [2.45, 2.75) is 20.3 Å². The molecule has 1 aromatic carbocycles. The summed E-state index contributed by atoms with van der Waals surface area (Å²) in [7, 11) is 0. The van der Waals surface area contributed by atoms with Gasteiger partial charge in [0.2, 0.25) is 11.8 Å². The van der Waals surface area contributed by atoms with E-state index in [4.69, 9.17) is 27.7 Å². The highest BCUT2D eigenvalue weighted by Crippen LogP contribution is 2.27. The Morgan fingerprint density at radius 1 is 1.26 bits per heavy atom. The Morgan fingerprint density at radius 2 is 2.00 bits per heavy atom. The first-order chi connectivity index (χ1) is 10.9. The summed E-state index contributed by atoms with van der Waals surface area (Å²) in [5.41, 5.74) is 0.581.